The highest BCUT2D eigenvalue weighted by molar-refractivity contribution is 6.35. The molecule has 6 heteroatoms. The summed E-state index contributed by atoms with van der Waals surface area (Å²) in [6, 6.07) is 10.4. The lowest BCUT2D eigenvalue weighted by Gasteiger charge is -2.16. The van der Waals surface area contributed by atoms with Gasteiger partial charge in [0.25, 0.3) is 11.8 Å². The number of amides is 2. The van der Waals surface area contributed by atoms with Crippen molar-refractivity contribution in [1.29, 1.82) is 0 Å². The van der Waals surface area contributed by atoms with Crippen LogP contribution in [0.15, 0.2) is 42.5 Å². The smallest absolute Gasteiger partial charge is 0.337 e. The van der Waals surface area contributed by atoms with E-state index in [1.54, 1.807) is 12.1 Å². The number of imide groups is 1. The summed E-state index contributed by atoms with van der Waals surface area (Å²) in [5.74, 6) is -1.86. The van der Waals surface area contributed by atoms with E-state index in [4.69, 9.17) is 4.74 Å². The number of benzene rings is 2. The minimum atomic E-state index is -1.20. The lowest BCUT2D eigenvalue weighted by Crippen LogP contribution is -2.30. The minimum absolute atomic E-state index is 0.0557. The fourth-order valence-electron chi connectivity index (χ4n) is 2.42. The van der Waals surface area contributed by atoms with E-state index in [0.717, 1.165) is 4.90 Å². The number of rotatable bonds is 3. The third-order valence-corrected chi connectivity index (χ3v) is 3.47. The quantitative estimate of drug-likeness (QED) is 0.878. The molecule has 0 saturated heterocycles. The first-order valence-electron chi connectivity index (χ1n) is 6.43. The number of hydrogen-bond donors (Lipinski definition) is 1. The number of para-hydroxylation sites is 1. The van der Waals surface area contributed by atoms with E-state index in [-0.39, 0.29) is 22.4 Å². The summed E-state index contributed by atoms with van der Waals surface area (Å²) in [7, 11) is 1.46. The third-order valence-electron chi connectivity index (χ3n) is 3.47. The average molecular weight is 297 g/mol. The molecule has 1 aliphatic heterocycles. The molecule has 2 aromatic rings. The Labute approximate surface area is 125 Å². The maximum Gasteiger partial charge on any atom is 0.337 e. The zero-order chi connectivity index (χ0) is 15.9. The summed E-state index contributed by atoms with van der Waals surface area (Å²) in [5, 5.41) is 9.23. The highest BCUT2D eigenvalue weighted by atomic mass is 16.5. The van der Waals surface area contributed by atoms with E-state index < -0.39 is 17.8 Å². The predicted octanol–water partition coefficient (Wildman–Crippen LogP) is 2.19. The van der Waals surface area contributed by atoms with E-state index in [9.17, 15) is 19.5 Å². The molecule has 0 radical (unpaired) electrons. The van der Waals surface area contributed by atoms with Crippen LogP contribution in [0.3, 0.4) is 0 Å². The molecule has 1 N–H and O–H groups in total. The third kappa shape index (κ3) is 1.93. The molecule has 0 fully saturated rings. The second-order valence-corrected chi connectivity index (χ2v) is 4.68. The minimum Gasteiger partial charge on any atom is -0.497 e. The topological polar surface area (TPSA) is 83.9 Å². The lowest BCUT2D eigenvalue weighted by molar-refractivity contribution is 0.0698. The van der Waals surface area contributed by atoms with Gasteiger partial charge in [0.15, 0.2) is 0 Å². The molecule has 0 spiro atoms. The number of carboxylic acids is 1. The maximum absolute atomic E-state index is 12.5. The average Bonchev–Trinajstić information content (AvgIpc) is 2.78. The van der Waals surface area contributed by atoms with Crippen molar-refractivity contribution in [3.63, 3.8) is 0 Å². The molecule has 0 unspecified atom stereocenters. The van der Waals surface area contributed by atoms with E-state index in [2.05, 4.69) is 0 Å². The van der Waals surface area contributed by atoms with Crippen LogP contribution in [0.1, 0.15) is 31.1 Å². The number of anilines is 1. The van der Waals surface area contributed by atoms with Gasteiger partial charge in [-0.05, 0) is 30.3 Å². The molecule has 2 amide bonds. The Hall–Kier alpha value is -3.15. The standard InChI is InChI=1S/C16H11NO5/c1-22-9-6-7-10-12(8-9)15(19)17(14(10)18)13-5-3-2-4-11(13)16(20)21/h2-8H,1H3,(H,20,21). The molecular weight excluding hydrogens is 286 g/mol. The number of carbonyl (C=O) groups is 3. The van der Waals surface area contributed by atoms with Crippen LogP contribution in [0.25, 0.3) is 0 Å². The van der Waals surface area contributed by atoms with Crippen molar-refractivity contribution < 1.29 is 24.2 Å². The Bertz CT molecular complexity index is 812. The Balaban J connectivity index is 2.14. The summed E-state index contributed by atoms with van der Waals surface area (Å²) in [6.07, 6.45) is 0. The fraction of sp³-hybridized carbons (Fsp3) is 0.0625. The molecule has 0 aliphatic carbocycles. The number of hydrogen-bond acceptors (Lipinski definition) is 4. The Morgan fingerprint density at radius 3 is 2.41 bits per heavy atom. The number of carboxylic acid groups (broad SMARTS) is 1. The highest BCUT2D eigenvalue weighted by Crippen LogP contribution is 2.32. The van der Waals surface area contributed by atoms with Crippen molar-refractivity contribution in [2.24, 2.45) is 0 Å². The van der Waals surface area contributed by atoms with Crippen LogP contribution < -0.4 is 9.64 Å². The van der Waals surface area contributed by atoms with Gasteiger partial charge in [-0.3, -0.25) is 9.59 Å². The maximum atomic E-state index is 12.5. The fourth-order valence-corrected chi connectivity index (χ4v) is 2.42. The van der Waals surface area contributed by atoms with Gasteiger partial charge >= 0.3 is 5.97 Å². The van der Waals surface area contributed by atoms with E-state index in [1.807, 2.05) is 0 Å². The van der Waals surface area contributed by atoms with Crippen LogP contribution in [-0.2, 0) is 0 Å². The molecule has 0 bridgehead atoms. The predicted molar refractivity (Wildman–Crippen MR) is 77.5 cm³/mol. The van der Waals surface area contributed by atoms with Crippen LogP contribution in [-0.4, -0.2) is 30.0 Å². The van der Waals surface area contributed by atoms with Gasteiger partial charge in [-0.25, -0.2) is 9.69 Å². The van der Waals surface area contributed by atoms with Gasteiger partial charge in [-0.1, -0.05) is 12.1 Å². The highest BCUT2D eigenvalue weighted by Gasteiger charge is 2.38. The van der Waals surface area contributed by atoms with Crippen LogP contribution in [0.2, 0.25) is 0 Å². The van der Waals surface area contributed by atoms with Crippen molar-refractivity contribution >= 4 is 23.5 Å². The number of carbonyl (C=O) groups excluding carboxylic acids is 2. The summed E-state index contributed by atoms with van der Waals surface area (Å²) in [6.45, 7) is 0. The molecular formula is C16H11NO5. The molecule has 110 valence electrons. The molecule has 22 heavy (non-hydrogen) atoms. The van der Waals surface area contributed by atoms with Crippen LogP contribution >= 0.6 is 0 Å². The molecule has 3 rings (SSSR count). The van der Waals surface area contributed by atoms with Crippen LogP contribution in [0.4, 0.5) is 5.69 Å². The zero-order valence-corrected chi connectivity index (χ0v) is 11.6. The largest absolute Gasteiger partial charge is 0.497 e. The van der Waals surface area contributed by atoms with E-state index >= 15 is 0 Å². The lowest BCUT2D eigenvalue weighted by atomic mass is 10.1. The van der Waals surface area contributed by atoms with Gasteiger partial charge in [0.05, 0.1) is 29.5 Å². The van der Waals surface area contributed by atoms with Gasteiger partial charge in [-0.2, -0.15) is 0 Å². The first-order valence-corrected chi connectivity index (χ1v) is 6.43. The number of aromatic carboxylic acids is 1. The number of fused-ring (bicyclic) bond motifs is 1. The Morgan fingerprint density at radius 1 is 1.05 bits per heavy atom. The van der Waals surface area contributed by atoms with Gasteiger partial charge < -0.3 is 9.84 Å². The number of ether oxygens (including phenoxy) is 1. The number of methoxy groups -OCH3 is 1. The molecule has 1 aliphatic rings. The Kier molecular flexibility index (Phi) is 3.14. The molecule has 0 saturated carbocycles. The normalized spacial score (nSPS) is 13.2. The molecule has 6 nitrogen and oxygen atoms in total. The van der Waals surface area contributed by atoms with Crippen LogP contribution in [0.5, 0.6) is 5.75 Å². The molecule has 0 aromatic heterocycles. The SMILES string of the molecule is COc1ccc2c(c1)C(=O)N(c1ccccc1C(=O)O)C2=O. The van der Waals surface area contributed by atoms with Crippen molar-refractivity contribution in [2.75, 3.05) is 12.0 Å². The van der Waals surface area contributed by atoms with Gasteiger partial charge in [0.1, 0.15) is 5.75 Å². The molecule has 0 atom stereocenters. The van der Waals surface area contributed by atoms with Crippen LogP contribution in [0, 0.1) is 0 Å². The van der Waals surface area contributed by atoms with E-state index in [0.29, 0.717) is 5.75 Å². The number of nitrogens with zero attached hydrogens (tertiary/aromatic N) is 1. The van der Waals surface area contributed by atoms with Gasteiger partial charge in [0.2, 0.25) is 0 Å². The Morgan fingerprint density at radius 2 is 1.73 bits per heavy atom. The monoisotopic (exact) mass is 297 g/mol. The zero-order valence-electron chi connectivity index (χ0n) is 11.6. The summed E-state index contributed by atoms with van der Waals surface area (Å²) in [5.41, 5.74) is 0.375. The summed E-state index contributed by atoms with van der Waals surface area (Å²) < 4.78 is 5.05. The first kappa shape index (κ1) is 13.8. The van der Waals surface area contributed by atoms with Crippen molar-refractivity contribution in [3.8, 4) is 5.75 Å². The second-order valence-electron chi connectivity index (χ2n) is 4.68. The second kappa shape index (κ2) is 5.00. The van der Waals surface area contributed by atoms with Crippen molar-refractivity contribution in [3.05, 3.63) is 59.2 Å². The summed E-state index contributed by atoms with van der Waals surface area (Å²) in [4.78, 5) is 37.1. The van der Waals surface area contributed by atoms with E-state index in [1.165, 1.54) is 37.4 Å². The van der Waals surface area contributed by atoms with Gasteiger partial charge in [-0.15, -0.1) is 0 Å². The van der Waals surface area contributed by atoms with Crippen molar-refractivity contribution in [1.82, 2.24) is 0 Å². The summed E-state index contributed by atoms with van der Waals surface area (Å²) >= 11 is 0. The molecule has 2 aromatic carbocycles. The van der Waals surface area contributed by atoms with Gasteiger partial charge in [0, 0.05) is 0 Å². The first-order chi connectivity index (χ1) is 10.5. The molecule has 1 heterocycles. The van der Waals surface area contributed by atoms with Crippen molar-refractivity contribution in [2.45, 2.75) is 0 Å².